The zero-order chi connectivity index (χ0) is 6.41. The Morgan fingerprint density at radius 3 is 2.75 bits per heavy atom. The lowest BCUT2D eigenvalue weighted by atomic mass is 10.3. The Labute approximate surface area is 54.3 Å². The van der Waals surface area contributed by atoms with Gasteiger partial charge in [-0.3, -0.25) is 4.79 Å². The smallest absolute Gasteiger partial charge is 0.152 e. The predicted molar refractivity (Wildman–Crippen MR) is 35.2 cm³/mol. The summed E-state index contributed by atoms with van der Waals surface area (Å²) < 4.78 is 0. The number of hydrogen-bond donors (Lipinski definition) is 0. The van der Waals surface area contributed by atoms with E-state index in [0.29, 0.717) is 5.88 Å². The lowest BCUT2D eigenvalue weighted by Crippen LogP contribution is -1.79. The van der Waals surface area contributed by atoms with E-state index in [4.69, 9.17) is 11.6 Å². The molecule has 0 unspecified atom stereocenters. The molecule has 0 spiro atoms. The summed E-state index contributed by atoms with van der Waals surface area (Å²) in [6.07, 6.45) is 4.08. The van der Waals surface area contributed by atoms with Gasteiger partial charge in [-0.15, -0.1) is 11.6 Å². The van der Waals surface area contributed by atoms with Gasteiger partial charge in [0.05, 0.1) is 0 Å². The molecular weight excluding hydrogens is 124 g/mol. The van der Waals surface area contributed by atoms with Crippen LogP contribution in [0.4, 0.5) is 0 Å². The van der Waals surface area contributed by atoms with Crippen LogP contribution < -0.4 is 0 Å². The van der Waals surface area contributed by atoms with E-state index in [0.717, 1.165) is 6.42 Å². The third-order valence-electron chi connectivity index (χ3n) is 0.628. The first-order valence-corrected chi connectivity index (χ1v) is 3.04. The summed E-state index contributed by atoms with van der Waals surface area (Å²) in [6.45, 7) is 1.52. The van der Waals surface area contributed by atoms with Gasteiger partial charge in [-0.25, -0.2) is 0 Å². The lowest BCUT2D eigenvalue weighted by molar-refractivity contribution is -0.112. The van der Waals surface area contributed by atoms with Crippen LogP contribution in [0.5, 0.6) is 0 Å². The summed E-state index contributed by atoms with van der Waals surface area (Å²) in [5, 5.41) is 0. The highest BCUT2D eigenvalue weighted by Gasteiger charge is 1.78. The molecule has 0 aromatic heterocycles. The van der Waals surface area contributed by atoms with Crippen molar-refractivity contribution in [2.45, 2.75) is 13.3 Å². The first kappa shape index (κ1) is 7.70. The molecule has 0 aliphatic carbocycles. The van der Waals surface area contributed by atoms with Crippen LogP contribution in [0.3, 0.4) is 0 Å². The van der Waals surface area contributed by atoms with E-state index >= 15 is 0 Å². The van der Waals surface area contributed by atoms with Gasteiger partial charge < -0.3 is 0 Å². The van der Waals surface area contributed by atoms with Crippen molar-refractivity contribution in [3.05, 3.63) is 12.2 Å². The Bertz CT molecular complexity index is 96.7. The van der Waals surface area contributed by atoms with Gasteiger partial charge in [-0.05, 0) is 19.4 Å². The molecule has 0 aliphatic heterocycles. The molecular formula is C6H9ClO. The van der Waals surface area contributed by atoms with Crippen molar-refractivity contribution in [3.63, 3.8) is 0 Å². The van der Waals surface area contributed by atoms with Crippen LogP contribution in [0.15, 0.2) is 12.2 Å². The Balaban J connectivity index is 3.20. The minimum Gasteiger partial charge on any atom is -0.295 e. The summed E-state index contributed by atoms with van der Waals surface area (Å²) in [5.41, 5.74) is 0. The van der Waals surface area contributed by atoms with Crippen molar-refractivity contribution in [1.29, 1.82) is 0 Å². The molecule has 0 radical (unpaired) electrons. The van der Waals surface area contributed by atoms with Crippen molar-refractivity contribution in [2.24, 2.45) is 0 Å². The topological polar surface area (TPSA) is 17.1 Å². The van der Waals surface area contributed by atoms with Crippen LogP contribution in [-0.2, 0) is 4.79 Å². The largest absolute Gasteiger partial charge is 0.295 e. The summed E-state index contributed by atoms with van der Waals surface area (Å²) in [5.74, 6) is 0.666. The van der Waals surface area contributed by atoms with Crippen LogP contribution in [0, 0.1) is 0 Å². The van der Waals surface area contributed by atoms with E-state index in [1.165, 1.54) is 13.0 Å². The molecule has 0 aromatic carbocycles. The molecule has 1 nitrogen and oxygen atoms in total. The monoisotopic (exact) mass is 132 g/mol. The van der Waals surface area contributed by atoms with Crippen LogP contribution in [0.2, 0.25) is 0 Å². The molecule has 0 aromatic rings. The van der Waals surface area contributed by atoms with E-state index in [1.54, 1.807) is 6.08 Å². The second kappa shape index (κ2) is 4.85. The van der Waals surface area contributed by atoms with E-state index in [2.05, 4.69) is 0 Å². The fraction of sp³-hybridized carbons (Fsp3) is 0.500. The number of halogens is 1. The van der Waals surface area contributed by atoms with E-state index in [1.807, 2.05) is 0 Å². The van der Waals surface area contributed by atoms with Crippen molar-refractivity contribution in [3.8, 4) is 0 Å². The van der Waals surface area contributed by atoms with Crippen LogP contribution in [-0.4, -0.2) is 11.7 Å². The fourth-order valence-electron chi connectivity index (χ4n) is 0.312. The maximum absolute atomic E-state index is 10.2. The van der Waals surface area contributed by atoms with E-state index in [-0.39, 0.29) is 5.78 Å². The van der Waals surface area contributed by atoms with Gasteiger partial charge in [0.1, 0.15) is 0 Å². The summed E-state index contributed by atoms with van der Waals surface area (Å²) >= 11 is 5.32. The lowest BCUT2D eigenvalue weighted by Gasteiger charge is -1.78. The Morgan fingerprint density at radius 2 is 2.38 bits per heavy atom. The molecule has 0 fully saturated rings. The molecule has 0 amide bonds. The normalized spacial score (nSPS) is 10.2. The highest BCUT2D eigenvalue weighted by Crippen LogP contribution is 1.85. The predicted octanol–water partition coefficient (Wildman–Crippen LogP) is 1.76. The molecule has 0 rings (SSSR count). The van der Waals surface area contributed by atoms with Gasteiger partial charge in [0.25, 0.3) is 0 Å². The number of carbonyl (C=O) groups is 1. The maximum Gasteiger partial charge on any atom is 0.152 e. The maximum atomic E-state index is 10.2. The Kier molecular flexibility index (Phi) is 4.67. The van der Waals surface area contributed by atoms with E-state index < -0.39 is 0 Å². The van der Waals surface area contributed by atoms with Gasteiger partial charge in [0.2, 0.25) is 0 Å². The van der Waals surface area contributed by atoms with Gasteiger partial charge in [0, 0.05) is 5.88 Å². The standard InChI is InChI=1S/C6H9ClO/c1-6(8)4-2-3-5-7/h2,4H,3,5H2,1H3/b4-2+. The highest BCUT2D eigenvalue weighted by molar-refractivity contribution is 6.17. The van der Waals surface area contributed by atoms with Gasteiger partial charge in [-0.1, -0.05) is 6.08 Å². The molecule has 8 heavy (non-hydrogen) atoms. The van der Waals surface area contributed by atoms with Gasteiger partial charge >= 0.3 is 0 Å². The van der Waals surface area contributed by atoms with Gasteiger partial charge in [0.15, 0.2) is 5.78 Å². The third-order valence-corrected chi connectivity index (χ3v) is 0.847. The number of alkyl halides is 1. The average molecular weight is 133 g/mol. The average Bonchev–Trinajstić information content (AvgIpc) is 1.66. The second-order valence-corrected chi connectivity index (χ2v) is 1.87. The number of carbonyl (C=O) groups excluding carboxylic acids is 1. The van der Waals surface area contributed by atoms with E-state index in [9.17, 15) is 4.79 Å². The Hall–Kier alpha value is -0.300. The molecule has 46 valence electrons. The SMILES string of the molecule is CC(=O)/C=C/CCCl. The van der Waals surface area contributed by atoms with Crippen LogP contribution in [0.25, 0.3) is 0 Å². The summed E-state index contributed by atoms with van der Waals surface area (Å²) in [6, 6.07) is 0. The first-order valence-electron chi connectivity index (χ1n) is 2.50. The molecule has 0 heterocycles. The number of allylic oxidation sites excluding steroid dienone is 2. The molecule has 0 saturated heterocycles. The van der Waals surface area contributed by atoms with Crippen LogP contribution >= 0.6 is 11.6 Å². The zero-order valence-corrected chi connectivity index (χ0v) is 5.61. The number of rotatable bonds is 3. The first-order chi connectivity index (χ1) is 3.77. The minimum absolute atomic E-state index is 0.0788. The molecule has 0 atom stereocenters. The number of hydrogen-bond acceptors (Lipinski definition) is 1. The Morgan fingerprint density at radius 1 is 1.75 bits per heavy atom. The molecule has 0 bridgehead atoms. The van der Waals surface area contributed by atoms with Gasteiger partial charge in [-0.2, -0.15) is 0 Å². The van der Waals surface area contributed by atoms with Crippen molar-refractivity contribution in [2.75, 3.05) is 5.88 Å². The molecule has 0 saturated carbocycles. The van der Waals surface area contributed by atoms with Crippen molar-refractivity contribution >= 4 is 17.4 Å². The quantitative estimate of drug-likeness (QED) is 0.423. The van der Waals surface area contributed by atoms with Crippen molar-refractivity contribution < 1.29 is 4.79 Å². The summed E-state index contributed by atoms with van der Waals surface area (Å²) in [7, 11) is 0. The minimum atomic E-state index is 0.0788. The fourth-order valence-corrected chi connectivity index (χ4v) is 0.438. The second-order valence-electron chi connectivity index (χ2n) is 1.49. The summed E-state index contributed by atoms with van der Waals surface area (Å²) in [4.78, 5) is 10.2. The molecule has 0 N–H and O–H groups in total. The van der Waals surface area contributed by atoms with Crippen molar-refractivity contribution in [1.82, 2.24) is 0 Å². The zero-order valence-electron chi connectivity index (χ0n) is 4.86. The number of ketones is 1. The third kappa shape index (κ3) is 5.70. The highest BCUT2D eigenvalue weighted by atomic mass is 35.5. The molecule has 0 aliphatic rings. The van der Waals surface area contributed by atoms with Crippen LogP contribution in [0.1, 0.15) is 13.3 Å². The molecule has 2 heteroatoms.